The van der Waals surface area contributed by atoms with Crippen molar-refractivity contribution in [2.45, 2.75) is 44.9 Å². The molecule has 0 heterocycles. The molecule has 1 aliphatic carbocycles. The van der Waals surface area contributed by atoms with E-state index in [-0.39, 0.29) is 24.6 Å². The maximum Gasteiger partial charge on any atom is 0.128 e. The fourth-order valence-electron chi connectivity index (χ4n) is 2.31. The Morgan fingerprint density at radius 3 is 2.75 bits per heavy atom. The summed E-state index contributed by atoms with van der Waals surface area (Å²) in [5.74, 6) is 0.448. The quantitative estimate of drug-likeness (QED) is 0.769. The van der Waals surface area contributed by atoms with E-state index in [2.05, 4.69) is 19.2 Å². The fourth-order valence-corrected chi connectivity index (χ4v) is 2.31. The van der Waals surface area contributed by atoms with E-state index in [1.165, 1.54) is 18.9 Å². The molecule has 1 unspecified atom stereocenters. The van der Waals surface area contributed by atoms with Crippen LogP contribution < -0.4 is 5.32 Å². The van der Waals surface area contributed by atoms with Crippen molar-refractivity contribution < 1.29 is 14.2 Å². The van der Waals surface area contributed by atoms with Gasteiger partial charge in [0, 0.05) is 17.6 Å². The molecule has 0 saturated heterocycles. The zero-order valence-electron chi connectivity index (χ0n) is 12.2. The number of aliphatic hydroxyl groups is 1. The third kappa shape index (κ3) is 4.54. The summed E-state index contributed by atoms with van der Waals surface area (Å²) in [6, 6.07) is 6.53. The smallest absolute Gasteiger partial charge is 0.128 e. The second-order valence-corrected chi connectivity index (χ2v) is 6.14. The second kappa shape index (κ2) is 6.66. The van der Waals surface area contributed by atoms with Crippen molar-refractivity contribution >= 4 is 0 Å². The Balaban J connectivity index is 1.65. The van der Waals surface area contributed by atoms with Crippen LogP contribution in [-0.4, -0.2) is 29.9 Å². The fraction of sp³-hybridized carbons (Fsp3) is 0.625. The zero-order chi connectivity index (χ0) is 14.6. The van der Waals surface area contributed by atoms with Gasteiger partial charge in [-0.05, 0) is 38.7 Å². The van der Waals surface area contributed by atoms with Gasteiger partial charge in [-0.15, -0.1) is 0 Å². The number of nitrogens with one attached hydrogen (secondary N) is 1. The molecule has 2 N–H and O–H groups in total. The average molecular weight is 281 g/mol. The maximum atomic E-state index is 13.4. The van der Waals surface area contributed by atoms with Crippen molar-refractivity contribution in [3.05, 3.63) is 35.6 Å². The lowest BCUT2D eigenvalue weighted by atomic mass is 9.98. The summed E-state index contributed by atoms with van der Waals surface area (Å²) < 4.78 is 18.7. The Morgan fingerprint density at radius 1 is 1.40 bits per heavy atom. The Hall–Kier alpha value is -0.970. The van der Waals surface area contributed by atoms with Gasteiger partial charge in [0.15, 0.2) is 0 Å². The SMILES string of the molecule is CC(C)(NCC(O)COCc1ccccc1F)C1CC1. The van der Waals surface area contributed by atoms with E-state index < -0.39 is 6.10 Å². The molecule has 1 aromatic carbocycles. The van der Waals surface area contributed by atoms with E-state index in [9.17, 15) is 9.50 Å². The summed E-state index contributed by atoms with van der Waals surface area (Å²) in [5.41, 5.74) is 0.595. The summed E-state index contributed by atoms with van der Waals surface area (Å²) in [5, 5.41) is 13.3. The van der Waals surface area contributed by atoms with Crippen LogP contribution in [0.5, 0.6) is 0 Å². The zero-order valence-corrected chi connectivity index (χ0v) is 12.2. The highest BCUT2D eigenvalue weighted by atomic mass is 19.1. The number of β-amino-alcohol motifs (C(OH)–C–C–N with tert-alkyl or cyclic N) is 1. The molecule has 1 aliphatic rings. The summed E-state index contributed by atoms with van der Waals surface area (Å²) >= 11 is 0. The maximum absolute atomic E-state index is 13.4. The molecule has 112 valence electrons. The van der Waals surface area contributed by atoms with Crippen LogP contribution in [0.2, 0.25) is 0 Å². The molecular weight excluding hydrogens is 257 g/mol. The van der Waals surface area contributed by atoms with Crippen LogP contribution in [0.15, 0.2) is 24.3 Å². The third-order valence-corrected chi connectivity index (χ3v) is 3.92. The number of hydrogen-bond acceptors (Lipinski definition) is 3. The summed E-state index contributed by atoms with van der Waals surface area (Å²) in [6.45, 7) is 5.23. The van der Waals surface area contributed by atoms with E-state index >= 15 is 0 Å². The minimum atomic E-state index is -0.570. The molecule has 1 aromatic rings. The van der Waals surface area contributed by atoms with Gasteiger partial charge in [0.1, 0.15) is 5.82 Å². The Kier molecular flexibility index (Phi) is 5.13. The van der Waals surface area contributed by atoms with Crippen LogP contribution in [0.25, 0.3) is 0 Å². The van der Waals surface area contributed by atoms with Crippen LogP contribution in [-0.2, 0) is 11.3 Å². The molecule has 2 rings (SSSR count). The van der Waals surface area contributed by atoms with Gasteiger partial charge in [-0.25, -0.2) is 4.39 Å². The number of benzene rings is 1. The van der Waals surface area contributed by atoms with Gasteiger partial charge in [-0.2, -0.15) is 0 Å². The monoisotopic (exact) mass is 281 g/mol. The normalized spacial score (nSPS) is 17.2. The first-order valence-corrected chi connectivity index (χ1v) is 7.23. The van der Waals surface area contributed by atoms with E-state index in [0.29, 0.717) is 18.0 Å². The summed E-state index contributed by atoms with van der Waals surface area (Å²) in [6.07, 6.45) is 1.96. The second-order valence-electron chi connectivity index (χ2n) is 6.14. The van der Waals surface area contributed by atoms with Crippen molar-refractivity contribution in [3.63, 3.8) is 0 Å². The molecule has 0 aliphatic heterocycles. The molecule has 0 amide bonds. The molecule has 3 nitrogen and oxygen atoms in total. The summed E-state index contributed by atoms with van der Waals surface area (Å²) in [4.78, 5) is 0. The van der Waals surface area contributed by atoms with Crippen molar-refractivity contribution in [3.8, 4) is 0 Å². The van der Waals surface area contributed by atoms with Gasteiger partial charge in [0.05, 0.1) is 19.3 Å². The highest BCUT2D eigenvalue weighted by molar-refractivity contribution is 5.16. The molecule has 0 aromatic heterocycles. The number of halogens is 1. The number of hydrogen-bond donors (Lipinski definition) is 2. The van der Waals surface area contributed by atoms with E-state index in [1.54, 1.807) is 18.2 Å². The van der Waals surface area contributed by atoms with Gasteiger partial charge < -0.3 is 15.2 Å². The van der Waals surface area contributed by atoms with Gasteiger partial charge in [0.25, 0.3) is 0 Å². The number of aliphatic hydroxyl groups excluding tert-OH is 1. The molecule has 0 spiro atoms. The van der Waals surface area contributed by atoms with Crippen LogP contribution >= 0.6 is 0 Å². The molecule has 1 atom stereocenters. The van der Waals surface area contributed by atoms with Crippen LogP contribution in [0.1, 0.15) is 32.3 Å². The summed E-state index contributed by atoms with van der Waals surface area (Å²) in [7, 11) is 0. The van der Waals surface area contributed by atoms with Gasteiger partial charge >= 0.3 is 0 Å². The van der Waals surface area contributed by atoms with Crippen molar-refractivity contribution in [2.24, 2.45) is 5.92 Å². The first-order chi connectivity index (χ1) is 9.49. The van der Waals surface area contributed by atoms with Gasteiger partial charge in [0.2, 0.25) is 0 Å². The van der Waals surface area contributed by atoms with Crippen LogP contribution in [0.4, 0.5) is 4.39 Å². The van der Waals surface area contributed by atoms with E-state index in [0.717, 1.165) is 0 Å². The average Bonchev–Trinajstić information content (AvgIpc) is 3.23. The predicted molar refractivity (Wildman–Crippen MR) is 76.9 cm³/mol. The van der Waals surface area contributed by atoms with Crippen molar-refractivity contribution in [2.75, 3.05) is 13.2 Å². The van der Waals surface area contributed by atoms with E-state index in [1.807, 2.05) is 0 Å². The van der Waals surface area contributed by atoms with Crippen LogP contribution in [0, 0.1) is 11.7 Å². The molecular formula is C16H24FNO2. The Morgan fingerprint density at radius 2 is 2.10 bits per heavy atom. The van der Waals surface area contributed by atoms with Crippen molar-refractivity contribution in [1.29, 1.82) is 0 Å². The molecule has 1 saturated carbocycles. The molecule has 0 radical (unpaired) electrons. The van der Waals surface area contributed by atoms with Crippen LogP contribution in [0.3, 0.4) is 0 Å². The van der Waals surface area contributed by atoms with Gasteiger partial charge in [-0.3, -0.25) is 0 Å². The third-order valence-electron chi connectivity index (χ3n) is 3.92. The highest BCUT2D eigenvalue weighted by Gasteiger charge is 2.37. The Labute approximate surface area is 120 Å². The Bertz CT molecular complexity index is 432. The lowest BCUT2D eigenvalue weighted by molar-refractivity contribution is 0.0241. The van der Waals surface area contributed by atoms with Crippen molar-refractivity contribution in [1.82, 2.24) is 5.32 Å². The molecule has 20 heavy (non-hydrogen) atoms. The standard InChI is InChI=1S/C16H24FNO2/c1-16(2,13-7-8-13)18-9-14(19)11-20-10-12-5-3-4-6-15(12)17/h3-6,13-14,18-19H,7-11H2,1-2H3. The number of rotatable bonds is 8. The number of ether oxygens (including phenoxy) is 1. The highest BCUT2D eigenvalue weighted by Crippen LogP contribution is 2.39. The van der Waals surface area contributed by atoms with Gasteiger partial charge in [-0.1, -0.05) is 18.2 Å². The first kappa shape index (κ1) is 15.4. The lowest BCUT2D eigenvalue weighted by Gasteiger charge is -2.27. The molecule has 1 fully saturated rings. The predicted octanol–water partition coefficient (Wildman–Crippen LogP) is 2.48. The first-order valence-electron chi connectivity index (χ1n) is 7.23. The molecule has 0 bridgehead atoms. The van der Waals surface area contributed by atoms with E-state index in [4.69, 9.17) is 4.74 Å². The largest absolute Gasteiger partial charge is 0.389 e. The molecule has 4 heteroatoms. The topological polar surface area (TPSA) is 41.5 Å². The minimum absolute atomic E-state index is 0.0759. The minimum Gasteiger partial charge on any atom is -0.389 e. The lowest BCUT2D eigenvalue weighted by Crippen LogP contribution is -2.46.